The van der Waals surface area contributed by atoms with Crippen LogP contribution in [0.25, 0.3) is 5.69 Å². The lowest BCUT2D eigenvalue weighted by atomic mass is 10.2. The standard InChI is InChI=1S/C12H10BrN3S/c1-9-8-10(13)2-3-11(9)16-6-5-15-12(16)17-7-4-14/h2-3,5-6,8H,7H2,1H3. The molecule has 3 nitrogen and oxygen atoms in total. The molecule has 17 heavy (non-hydrogen) atoms. The van der Waals surface area contributed by atoms with E-state index in [1.807, 2.05) is 22.9 Å². The van der Waals surface area contributed by atoms with Crippen LogP contribution in [-0.4, -0.2) is 15.3 Å². The first-order valence-corrected chi connectivity index (χ1v) is 6.80. The zero-order chi connectivity index (χ0) is 12.3. The molecule has 0 amide bonds. The Bertz CT molecular complexity index is 571. The SMILES string of the molecule is Cc1cc(Br)ccc1-n1ccnc1SCC#N. The second kappa shape index (κ2) is 5.39. The molecule has 0 spiro atoms. The van der Waals surface area contributed by atoms with Crippen LogP contribution in [0.1, 0.15) is 5.56 Å². The largest absolute Gasteiger partial charge is 0.295 e. The molecule has 0 aliphatic rings. The van der Waals surface area contributed by atoms with Gasteiger partial charge in [0.2, 0.25) is 0 Å². The fourth-order valence-corrected chi connectivity index (χ4v) is 2.67. The summed E-state index contributed by atoms with van der Waals surface area (Å²) >= 11 is 4.89. The van der Waals surface area contributed by atoms with E-state index >= 15 is 0 Å². The molecule has 2 rings (SSSR count). The fraction of sp³-hybridized carbons (Fsp3) is 0.167. The zero-order valence-electron chi connectivity index (χ0n) is 9.22. The summed E-state index contributed by atoms with van der Waals surface area (Å²) in [5, 5.41) is 9.45. The van der Waals surface area contributed by atoms with Crippen LogP contribution in [0, 0.1) is 18.3 Å². The molecule has 1 aromatic carbocycles. The Morgan fingerprint density at radius 1 is 1.53 bits per heavy atom. The molecule has 0 unspecified atom stereocenters. The third kappa shape index (κ3) is 2.71. The first-order chi connectivity index (χ1) is 8.22. The summed E-state index contributed by atoms with van der Waals surface area (Å²) in [4.78, 5) is 4.26. The average Bonchev–Trinajstić information content (AvgIpc) is 2.74. The van der Waals surface area contributed by atoms with Crippen LogP contribution < -0.4 is 0 Å². The van der Waals surface area contributed by atoms with Crippen LogP contribution in [0.4, 0.5) is 0 Å². The summed E-state index contributed by atoms with van der Waals surface area (Å²) in [5.41, 5.74) is 2.25. The van der Waals surface area contributed by atoms with Gasteiger partial charge in [-0.25, -0.2) is 4.98 Å². The van der Waals surface area contributed by atoms with E-state index in [9.17, 15) is 0 Å². The van der Waals surface area contributed by atoms with Gasteiger partial charge in [-0.1, -0.05) is 27.7 Å². The topological polar surface area (TPSA) is 41.6 Å². The number of aryl methyl sites for hydroxylation is 1. The molecule has 0 fully saturated rings. The highest BCUT2D eigenvalue weighted by molar-refractivity contribution is 9.10. The summed E-state index contributed by atoms with van der Waals surface area (Å²) < 4.78 is 3.06. The van der Waals surface area contributed by atoms with Crippen molar-refractivity contribution < 1.29 is 0 Å². The van der Waals surface area contributed by atoms with Gasteiger partial charge in [-0.3, -0.25) is 4.57 Å². The summed E-state index contributed by atoms with van der Waals surface area (Å²) in [6.07, 6.45) is 3.66. The smallest absolute Gasteiger partial charge is 0.173 e. The van der Waals surface area contributed by atoms with Crippen LogP contribution in [0.15, 0.2) is 40.2 Å². The van der Waals surface area contributed by atoms with Crippen LogP contribution in [0.2, 0.25) is 0 Å². The highest BCUT2D eigenvalue weighted by atomic mass is 79.9. The van der Waals surface area contributed by atoms with Gasteiger partial charge in [-0.05, 0) is 30.7 Å². The number of nitriles is 1. The molecule has 1 heterocycles. The highest BCUT2D eigenvalue weighted by Gasteiger charge is 2.07. The van der Waals surface area contributed by atoms with E-state index in [0.717, 1.165) is 20.9 Å². The minimum atomic E-state index is 0.409. The Hall–Kier alpha value is -1.25. The number of halogens is 1. The van der Waals surface area contributed by atoms with Gasteiger partial charge >= 0.3 is 0 Å². The van der Waals surface area contributed by atoms with Gasteiger partial charge in [-0.15, -0.1) is 0 Å². The number of nitrogens with zero attached hydrogens (tertiary/aromatic N) is 3. The lowest BCUT2D eigenvalue weighted by molar-refractivity contribution is 0.889. The lowest BCUT2D eigenvalue weighted by Gasteiger charge is -2.09. The number of imidazole rings is 1. The van der Waals surface area contributed by atoms with Crippen molar-refractivity contribution in [1.29, 1.82) is 5.26 Å². The Morgan fingerprint density at radius 2 is 2.35 bits per heavy atom. The summed E-state index contributed by atoms with van der Waals surface area (Å²) in [5.74, 6) is 0.409. The van der Waals surface area contributed by atoms with Crippen molar-refractivity contribution in [3.63, 3.8) is 0 Å². The normalized spacial score (nSPS) is 10.2. The van der Waals surface area contributed by atoms with E-state index in [-0.39, 0.29) is 0 Å². The lowest BCUT2D eigenvalue weighted by Crippen LogP contribution is -1.98. The highest BCUT2D eigenvalue weighted by Crippen LogP contribution is 2.24. The molecule has 0 aliphatic heterocycles. The number of aromatic nitrogens is 2. The maximum absolute atomic E-state index is 8.60. The number of benzene rings is 1. The minimum Gasteiger partial charge on any atom is -0.295 e. The van der Waals surface area contributed by atoms with Crippen LogP contribution >= 0.6 is 27.7 Å². The van der Waals surface area contributed by atoms with Crippen molar-refractivity contribution in [2.75, 3.05) is 5.75 Å². The number of hydrogen-bond acceptors (Lipinski definition) is 3. The van der Waals surface area contributed by atoms with Crippen LogP contribution in [0.5, 0.6) is 0 Å². The number of rotatable bonds is 3. The van der Waals surface area contributed by atoms with E-state index in [0.29, 0.717) is 5.75 Å². The third-order valence-electron chi connectivity index (χ3n) is 2.29. The minimum absolute atomic E-state index is 0.409. The maximum atomic E-state index is 8.60. The summed E-state index contributed by atoms with van der Waals surface area (Å²) in [6, 6.07) is 8.21. The Kier molecular flexibility index (Phi) is 3.87. The van der Waals surface area contributed by atoms with Crippen molar-refractivity contribution in [2.24, 2.45) is 0 Å². The van der Waals surface area contributed by atoms with Gasteiger partial charge in [-0.2, -0.15) is 5.26 Å². The van der Waals surface area contributed by atoms with E-state index in [2.05, 4.69) is 40.0 Å². The van der Waals surface area contributed by atoms with E-state index in [1.54, 1.807) is 6.20 Å². The quantitative estimate of drug-likeness (QED) is 0.814. The summed E-state index contributed by atoms with van der Waals surface area (Å²) in [7, 11) is 0. The molecule has 0 radical (unpaired) electrons. The molecular weight excluding hydrogens is 298 g/mol. The second-order valence-corrected chi connectivity index (χ2v) is 5.32. The third-order valence-corrected chi connectivity index (χ3v) is 3.62. The Labute approximate surface area is 113 Å². The predicted molar refractivity (Wildman–Crippen MR) is 72.3 cm³/mol. The van der Waals surface area contributed by atoms with Crippen molar-refractivity contribution >= 4 is 27.7 Å². The molecule has 0 saturated carbocycles. The molecule has 0 aliphatic carbocycles. The van der Waals surface area contributed by atoms with Gasteiger partial charge in [0, 0.05) is 16.9 Å². The molecule has 0 saturated heterocycles. The average molecular weight is 308 g/mol. The number of hydrogen-bond donors (Lipinski definition) is 0. The zero-order valence-corrected chi connectivity index (χ0v) is 11.6. The van der Waals surface area contributed by atoms with Gasteiger partial charge in [0.1, 0.15) is 0 Å². The molecule has 86 valence electrons. The molecule has 0 N–H and O–H groups in total. The van der Waals surface area contributed by atoms with Crippen LogP contribution in [0.3, 0.4) is 0 Å². The van der Waals surface area contributed by atoms with E-state index < -0.39 is 0 Å². The molecule has 0 atom stereocenters. The van der Waals surface area contributed by atoms with Gasteiger partial charge in [0.25, 0.3) is 0 Å². The van der Waals surface area contributed by atoms with Crippen molar-refractivity contribution in [3.8, 4) is 11.8 Å². The van der Waals surface area contributed by atoms with E-state index in [4.69, 9.17) is 5.26 Å². The van der Waals surface area contributed by atoms with Gasteiger partial charge < -0.3 is 0 Å². The van der Waals surface area contributed by atoms with Gasteiger partial charge in [0.15, 0.2) is 5.16 Å². The molecule has 0 bridgehead atoms. The summed E-state index contributed by atoms with van der Waals surface area (Å²) in [6.45, 7) is 2.05. The first-order valence-electron chi connectivity index (χ1n) is 5.02. The van der Waals surface area contributed by atoms with Crippen LogP contribution in [-0.2, 0) is 0 Å². The number of thioether (sulfide) groups is 1. The predicted octanol–water partition coefficient (Wildman–Crippen LogP) is 3.56. The van der Waals surface area contributed by atoms with Crippen molar-refractivity contribution in [1.82, 2.24) is 9.55 Å². The first kappa shape index (κ1) is 12.2. The second-order valence-electron chi connectivity index (χ2n) is 3.46. The van der Waals surface area contributed by atoms with Gasteiger partial charge in [0.05, 0.1) is 17.5 Å². The van der Waals surface area contributed by atoms with E-state index in [1.165, 1.54) is 11.8 Å². The fourth-order valence-electron chi connectivity index (χ4n) is 1.57. The maximum Gasteiger partial charge on any atom is 0.173 e. The van der Waals surface area contributed by atoms with Crippen molar-refractivity contribution in [2.45, 2.75) is 12.1 Å². The Morgan fingerprint density at radius 3 is 3.06 bits per heavy atom. The molecular formula is C12H10BrN3S. The molecule has 5 heteroatoms. The molecule has 2 aromatic rings. The monoisotopic (exact) mass is 307 g/mol. The Balaban J connectivity index is 2.40. The van der Waals surface area contributed by atoms with Crippen molar-refractivity contribution in [3.05, 3.63) is 40.6 Å². The molecule has 1 aromatic heterocycles.